The van der Waals surface area contributed by atoms with E-state index in [1.165, 1.54) is 0 Å². The van der Waals surface area contributed by atoms with Gasteiger partial charge in [-0.15, -0.1) is 24.8 Å². The van der Waals surface area contributed by atoms with Crippen molar-refractivity contribution in [2.75, 3.05) is 13.2 Å². The van der Waals surface area contributed by atoms with Gasteiger partial charge in [0.2, 0.25) is 0 Å². The van der Waals surface area contributed by atoms with Crippen molar-refractivity contribution in [1.82, 2.24) is 0 Å². The van der Waals surface area contributed by atoms with Gasteiger partial charge in [-0.3, -0.25) is 0 Å². The number of hydrogen-bond acceptors (Lipinski definition) is 3. The maximum atomic E-state index is 8.13. The first-order valence-corrected chi connectivity index (χ1v) is 1.87. The lowest BCUT2D eigenvalue weighted by Gasteiger charge is -1.99. The van der Waals surface area contributed by atoms with Crippen molar-refractivity contribution in [1.29, 1.82) is 0 Å². The number of aliphatic hydroxyl groups excluding tert-OH is 1. The summed E-state index contributed by atoms with van der Waals surface area (Å²) in [5.41, 5.74) is 10.1. The van der Waals surface area contributed by atoms with Crippen LogP contribution < -0.4 is 11.5 Å². The zero-order valence-electron chi connectivity index (χ0n) is 4.41. The van der Waals surface area contributed by atoms with Gasteiger partial charge in [0.15, 0.2) is 0 Å². The summed E-state index contributed by atoms with van der Waals surface area (Å²) in [6.07, 6.45) is 0. The van der Waals surface area contributed by atoms with E-state index in [-0.39, 0.29) is 37.5 Å². The molecule has 3 nitrogen and oxygen atoms in total. The van der Waals surface area contributed by atoms with Gasteiger partial charge >= 0.3 is 0 Å². The molecule has 0 spiro atoms. The molecule has 0 fully saturated rings. The smallest absolute Gasteiger partial charge is 0.0594 e. The molecule has 0 saturated carbocycles. The fraction of sp³-hybridized carbons (Fsp3) is 1.00. The quantitative estimate of drug-likeness (QED) is 0.494. The predicted molar refractivity (Wildman–Crippen MR) is 38.6 cm³/mol. The lowest BCUT2D eigenvalue weighted by atomic mass is 10.3. The highest BCUT2D eigenvalue weighted by atomic mass is 35.5. The standard InChI is InChI=1S/C3H10N2O.2ClH/c4-1-3(5)2-6;;/h3,6H,1-2,4-5H2;2*1H/t3-;;/m1../s1. The van der Waals surface area contributed by atoms with Crippen LogP contribution in [0.3, 0.4) is 0 Å². The Bertz CT molecular complexity index is 34.5. The van der Waals surface area contributed by atoms with E-state index in [0.717, 1.165) is 0 Å². The number of rotatable bonds is 2. The Morgan fingerprint density at radius 1 is 1.38 bits per heavy atom. The third-order valence-corrected chi connectivity index (χ3v) is 0.537. The average molecular weight is 163 g/mol. The van der Waals surface area contributed by atoms with E-state index < -0.39 is 0 Å². The minimum atomic E-state index is -0.231. The summed E-state index contributed by atoms with van der Waals surface area (Å²) in [5.74, 6) is 0. The minimum absolute atomic E-state index is 0. The molecule has 0 aliphatic carbocycles. The maximum Gasteiger partial charge on any atom is 0.0594 e. The maximum absolute atomic E-state index is 8.13. The average Bonchev–Trinajstić information content (AvgIpc) is 1.65. The van der Waals surface area contributed by atoms with Crippen LogP contribution in [0.2, 0.25) is 0 Å². The van der Waals surface area contributed by atoms with E-state index in [1.54, 1.807) is 0 Å². The SMILES string of the molecule is Cl.Cl.NC[C@@H](N)CO. The number of aliphatic hydroxyl groups is 1. The highest BCUT2D eigenvalue weighted by molar-refractivity contribution is 5.85. The van der Waals surface area contributed by atoms with Crippen LogP contribution in [0, 0.1) is 0 Å². The zero-order chi connectivity index (χ0) is 4.99. The van der Waals surface area contributed by atoms with Gasteiger partial charge in [0.1, 0.15) is 0 Å². The number of hydrogen-bond donors (Lipinski definition) is 3. The molecular formula is C3H12Cl2N2O. The van der Waals surface area contributed by atoms with Crippen LogP contribution in [0.1, 0.15) is 0 Å². The molecule has 0 heterocycles. The zero-order valence-corrected chi connectivity index (χ0v) is 6.04. The van der Waals surface area contributed by atoms with E-state index in [2.05, 4.69) is 0 Å². The van der Waals surface area contributed by atoms with E-state index in [1.807, 2.05) is 0 Å². The molecule has 0 radical (unpaired) electrons. The summed E-state index contributed by atoms with van der Waals surface area (Å²) in [5, 5.41) is 8.13. The van der Waals surface area contributed by atoms with Crippen molar-refractivity contribution < 1.29 is 5.11 Å². The normalized spacial score (nSPS) is 10.9. The van der Waals surface area contributed by atoms with Crippen molar-refractivity contribution in [2.24, 2.45) is 11.5 Å². The van der Waals surface area contributed by atoms with Gasteiger partial charge in [0, 0.05) is 12.6 Å². The molecule has 0 rings (SSSR count). The van der Waals surface area contributed by atoms with Gasteiger partial charge in [-0.1, -0.05) is 0 Å². The van der Waals surface area contributed by atoms with Gasteiger partial charge < -0.3 is 16.6 Å². The molecule has 1 atom stereocenters. The second-order valence-corrected chi connectivity index (χ2v) is 1.18. The summed E-state index contributed by atoms with van der Waals surface area (Å²) in [4.78, 5) is 0. The molecule has 54 valence electrons. The van der Waals surface area contributed by atoms with Crippen molar-refractivity contribution in [3.8, 4) is 0 Å². The van der Waals surface area contributed by atoms with Gasteiger partial charge in [0.05, 0.1) is 6.61 Å². The molecule has 0 aliphatic heterocycles. The van der Waals surface area contributed by atoms with Crippen LogP contribution in [-0.2, 0) is 0 Å². The molecule has 8 heavy (non-hydrogen) atoms. The molecule has 0 aromatic heterocycles. The van der Waals surface area contributed by atoms with E-state index in [0.29, 0.717) is 6.54 Å². The fourth-order valence-corrected chi connectivity index (χ4v) is 0.0745. The first-order valence-electron chi connectivity index (χ1n) is 1.87. The van der Waals surface area contributed by atoms with Crippen molar-refractivity contribution in [2.45, 2.75) is 6.04 Å². The highest BCUT2D eigenvalue weighted by Crippen LogP contribution is 1.63. The predicted octanol–water partition coefficient (Wildman–Crippen LogP) is -0.892. The number of halogens is 2. The van der Waals surface area contributed by atoms with Crippen molar-refractivity contribution in [3.63, 3.8) is 0 Å². The van der Waals surface area contributed by atoms with Crippen LogP contribution in [-0.4, -0.2) is 24.3 Å². The van der Waals surface area contributed by atoms with Crippen molar-refractivity contribution in [3.05, 3.63) is 0 Å². The van der Waals surface area contributed by atoms with Crippen LogP contribution in [0.15, 0.2) is 0 Å². The molecule has 0 bridgehead atoms. The fourth-order valence-electron chi connectivity index (χ4n) is 0.0745. The molecule has 0 aromatic rings. The monoisotopic (exact) mass is 162 g/mol. The lowest BCUT2D eigenvalue weighted by molar-refractivity contribution is 0.268. The molecular weight excluding hydrogens is 151 g/mol. The van der Waals surface area contributed by atoms with Crippen LogP contribution >= 0.6 is 24.8 Å². The van der Waals surface area contributed by atoms with E-state index >= 15 is 0 Å². The Kier molecular flexibility index (Phi) is 20.6. The Morgan fingerprint density at radius 2 is 1.75 bits per heavy atom. The highest BCUT2D eigenvalue weighted by Gasteiger charge is 1.90. The first kappa shape index (κ1) is 15.8. The van der Waals surface area contributed by atoms with Crippen LogP contribution in [0.5, 0.6) is 0 Å². The van der Waals surface area contributed by atoms with Crippen LogP contribution in [0.4, 0.5) is 0 Å². The van der Waals surface area contributed by atoms with Crippen molar-refractivity contribution >= 4 is 24.8 Å². The third kappa shape index (κ3) is 9.68. The topological polar surface area (TPSA) is 72.3 Å². The summed E-state index contributed by atoms with van der Waals surface area (Å²) in [7, 11) is 0. The van der Waals surface area contributed by atoms with Gasteiger partial charge in [-0.25, -0.2) is 0 Å². The largest absolute Gasteiger partial charge is 0.395 e. The van der Waals surface area contributed by atoms with Gasteiger partial charge in [-0.05, 0) is 0 Å². The molecule has 5 N–H and O–H groups in total. The van der Waals surface area contributed by atoms with E-state index in [9.17, 15) is 0 Å². The molecule has 0 aromatic carbocycles. The summed E-state index contributed by atoms with van der Waals surface area (Å²) < 4.78 is 0. The Balaban J connectivity index is -0.000000125. The Hall–Kier alpha value is 0.460. The molecule has 0 saturated heterocycles. The second kappa shape index (κ2) is 10.4. The molecule has 0 amide bonds. The summed E-state index contributed by atoms with van der Waals surface area (Å²) >= 11 is 0. The summed E-state index contributed by atoms with van der Waals surface area (Å²) in [6, 6.07) is -0.231. The number of nitrogens with two attached hydrogens (primary N) is 2. The minimum Gasteiger partial charge on any atom is -0.395 e. The second-order valence-electron chi connectivity index (χ2n) is 1.18. The molecule has 0 aliphatic rings. The van der Waals surface area contributed by atoms with Gasteiger partial charge in [0.25, 0.3) is 0 Å². The van der Waals surface area contributed by atoms with E-state index in [4.69, 9.17) is 16.6 Å². The third-order valence-electron chi connectivity index (χ3n) is 0.537. The first-order chi connectivity index (χ1) is 2.81. The Labute approximate surface area is 61.2 Å². The Morgan fingerprint density at radius 3 is 1.75 bits per heavy atom. The summed E-state index contributed by atoms with van der Waals surface area (Å²) in [6.45, 7) is 0.340. The molecule has 0 unspecified atom stereocenters. The van der Waals surface area contributed by atoms with Crippen LogP contribution in [0.25, 0.3) is 0 Å². The lowest BCUT2D eigenvalue weighted by Crippen LogP contribution is -2.32. The molecule has 5 heteroatoms. The van der Waals surface area contributed by atoms with Gasteiger partial charge in [-0.2, -0.15) is 0 Å².